The van der Waals surface area contributed by atoms with Gasteiger partial charge in [0.1, 0.15) is 18.2 Å². The third-order valence-electron chi connectivity index (χ3n) is 7.40. The van der Waals surface area contributed by atoms with Crippen molar-refractivity contribution in [3.63, 3.8) is 0 Å². The van der Waals surface area contributed by atoms with Gasteiger partial charge >= 0.3 is 0 Å². The van der Waals surface area contributed by atoms with Crippen molar-refractivity contribution >= 4 is 33.5 Å². The van der Waals surface area contributed by atoms with E-state index >= 15 is 0 Å². The van der Waals surface area contributed by atoms with Gasteiger partial charge in [-0.05, 0) is 84.5 Å². The number of nitrogens with one attached hydrogen (secondary N) is 1. The molecule has 0 aromatic heterocycles. The number of aliphatic imine (C=N–C) groups is 1. The molecule has 0 spiro atoms. The molecule has 0 saturated heterocycles. The minimum atomic E-state index is -0.255. The first-order chi connectivity index (χ1) is 18.5. The maximum absolute atomic E-state index is 13.2. The minimum Gasteiger partial charge on any atom is -0.488 e. The highest BCUT2D eigenvalue weighted by Gasteiger charge is 2.37. The normalized spacial score (nSPS) is 19.7. The highest BCUT2D eigenvalue weighted by atomic mass is 79.9. The molecule has 1 aliphatic carbocycles. The van der Waals surface area contributed by atoms with Gasteiger partial charge in [-0.3, -0.25) is 4.99 Å². The minimum absolute atomic E-state index is 0.255. The molecule has 5 heteroatoms. The molecule has 0 fully saturated rings. The lowest BCUT2D eigenvalue weighted by Crippen LogP contribution is -2.29. The molecule has 3 atom stereocenters. The Morgan fingerprint density at radius 3 is 2.63 bits per heavy atom. The predicted octanol–water partition coefficient (Wildman–Crippen LogP) is 9.05. The molecule has 0 radical (unpaired) electrons. The molecule has 0 amide bonds. The van der Waals surface area contributed by atoms with Crippen LogP contribution in [0, 0.1) is 18.7 Å². The molecule has 2 aliphatic rings. The molecule has 0 unspecified atom stereocenters. The number of anilines is 1. The number of fused-ring (bicyclic) bond motifs is 3. The number of allylic oxidation sites excluding steroid dienone is 2. The Morgan fingerprint density at radius 2 is 1.82 bits per heavy atom. The Morgan fingerprint density at radius 1 is 1.00 bits per heavy atom. The molecule has 4 aromatic carbocycles. The molecule has 38 heavy (non-hydrogen) atoms. The molecular weight excluding hydrogens is 539 g/mol. The Hall–Kier alpha value is -3.70. The molecule has 4 aromatic rings. The average Bonchev–Trinajstić information content (AvgIpc) is 3.43. The lowest BCUT2D eigenvalue weighted by atomic mass is 9.76. The molecule has 1 N–H and O–H groups in total. The first-order valence-corrected chi connectivity index (χ1v) is 13.7. The Labute approximate surface area is 231 Å². The maximum Gasteiger partial charge on any atom is 0.128 e. The van der Waals surface area contributed by atoms with E-state index in [4.69, 9.17) is 9.73 Å². The fourth-order valence-electron chi connectivity index (χ4n) is 5.45. The number of ether oxygens (including phenoxy) is 1. The second kappa shape index (κ2) is 10.6. The van der Waals surface area contributed by atoms with Gasteiger partial charge in [0, 0.05) is 27.9 Å². The number of hydrogen-bond donors (Lipinski definition) is 1. The van der Waals surface area contributed by atoms with Crippen molar-refractivity contribution in [2.45, 2.75) is 31.9 Å². The summed E-state index contributed by atoms with van der Waals surface area (Å²) >= 11 is 3.55. The van der Waals surface area contributed by atoms with Gasteiger partial charge in [-0.25, -0.2) is 4.39 Å². The smallest absolute Gasteiger partial charge is 0.128 e. The van der Waals surface area contributed by atoms with Crippen molar-refractivity contribution in [1.82, 2.24) is 0 Å². The number of halogens is 2. The summed E-state index contributed by atoms with van der Waals surface area (Å²) in [7, 11) is 0. The summed E-state index contributed by atoms with van der Waals surface area (Å²) < 4.78 is 20.2. The zero-order valence-corrected chi connectivity index (χ0v) is 22.7. The van der Waals surface area contributed by atoms with E-state index in [1.807, 2.05) is 24.4 Å². The molecule has 0 saturated carbocycles. The van der Waals surface area contributed by atoms with Gasteiger partial charge < -0.3 is 10.1 Å². The van der Waals surface area contributed by atoms with Crippen LogP contribution in [-0.4, -0.2) is 6.21 Å². The second-order valence-electron chi connectivity index (χ2n) is 10.0. The SMILES string of the molecule is Cc1ccc2c(c1)[C@@H]1C=CC[C@H]1[C@H](c1ccc(N=Cc3cc(Br)ccc3OCc3ccc(F)cc3)cc1)N2. The van der Waals surface area contributed by atoms with Crippen molar-refractivity contribution in [1.29, 1.82) is 0 Å². The summed E-state index contributed by atoms with van der Waals surface area (Å²) in [6, 6.07) is 27.7. The van der Waals surface area contributed by atoms with Gasteiger partial charge in [-0.1, -0.05) is 70.0 Å². The zero-order chi connectivity index (χ0) is 26.1. The summed E-state index contributed by atoms with van der Waals surface area (Å²) in [4.78, 5) is 4.74. The third-order valence-corrected chi connectivity index (χ3v) is 7.90. The van der Waals surface area contributed by atoms with E-state index in [0.29, 0.717) is 18.4 Å². The van der Waals surface area contributed by atoms with Crippen LogP contribution in [0.15, 0.2) is 107 Å². The van der Waals surface area contributed by atoms with Crippen LogP contribution in [-0.2, 0) is 6.61 Å². The number of aryl methyl sites for hydroxylation is 1. The molecule has 1 aliphatic heterocycles. The van der Waals surface area contributed by atoms with Crippen molar-refractivity contribution in [3.8, 4) is 5.75 Å². The van der Waals surface area contributed by atoms with Crippen LogP contribution >= 0.6 is 15.9 Å². The second-order valence-corrected chi connectivity index (χ2v) is 10.9. The van der Waals surface area contributed by atoms with E-state index in [0.717, 1.165) is 33.5 Å². The van der Waals surface area contributed by atoms with Gasteiger partial charge in [0.2, 0.25) is 0 Å². The third kappa shape index (κ3) is 5.16. The summed E-state index contributed by atoms with van der Waals surface area (Å²) in [5.41, 5.74) is 7.88. The van der Waals surface area contributed by atoms with Crippen molar-refractivity contribution < 1.29 is 9.13 Å². The average molecular weight is 568 g/mol. The highest BCUT2D eigenvalue weighted by Crippen LogP contribution is 2.50. The fraction of sp³-hybridized carbons (Fsp3) is 0.182. The molecule has 0 bridgehead atoms. The number of nitrogens with zero attached hydrogens (tertiary/aromatic N) is 1. The van der Waals surface area contributed by atoms with E-state index < -0.39 is 0 Å². The number of rotatable bonds is 6. The molecule has 6 rings (SSSR count). The summed E-state index contributed by atoms with van der Waals surface area (Å²) in [6.07, 6.45) is 7.62. The van der Waals surface area contributed by atoms with Crippen molar-refractivity contribution in [2.75, 3.05) is 5.32 Å². The van der Waals surface area contributed by atoms with E-state index in [2.05, 4.69) is 82.8 Å². The lowest BCUT2D eigenvalue weighted by molar-refractivity contribution is 0.305. The van der Waals surface area contributed by atoms with Crippen LogP contribution < -0.4 is 10.1 Å². The van der Waals surface area contributed by atoms with Crippen LogP contribution in [0.2, 0.25) is 0 Å². The first-order valence-electron chi connectivity index (χ1n) is 12.9. The Kier molecular flexibility index (Phi) is 6.86. The summed E-state index contributed by atoms with van der Waals surface area (Å²) in [6.45, 7) is 2.51. The van der Waals surface area contributed by atoms with Crippen LogP contribution in [0.5, 0.6) is 5.75 Å². The van der Waals surface area contributed by atoms with E-state index in [1.54, 1.807) is 12.1 Å². The largest absolute Gasteiger partial charge is 0.488 e. The number of benzene rings is 4. The Bertz CT molecular complexity index is 1510. The predicted molar refractivity (Wildman–Crippen MR) is 156 cm³/mol. The molecular formula is C33H28BrFN2O. The zero-order valence-electron chi connectivity index (χ0n) is 21.1. The van der Waals surface area contributed by atoms with E-state index in [1.165, 1.54) is 34.5 Å². The summed E-state index contributed by atoms with van der Waals surface area (Å²) in [5.74, 6) is 1.44. The topological polar surface area (TPSA) is 33.6 Å². The maximum atomic E-state index is 13.2. The van der Waals surface area contributed by atoms with Crippen molar-refractivity contribution in [2.24, 2.45) is 10.9 Å². The standard InChI is InChI=1S/C33H28BrFN2O/c1-21-5-15-31-30(17-21)28-3-2-4-29(28)33(37-31)23-8-13-27(14-9-23)36-19-24-18-25(34)10-16-32(24)38-20-22-6-11-26(35)12-7-22/h2-3,5-19,28-29,33,37H,4,20H2,1H3/t28-,29-,33+/m1/s1. The fourth-order valence-corrected chi connectivity index (χ4v) is 5.83. The van der Waals surface area contributed by atoms with Crippen LogP contribution in [0.1, 0.15) is 46.2 Å². The molecule has 3 nitrogen and oxygen atoms in total. The monoisotopic (exact) mass is 566 g/mol. The van der Waals surface area contributed by atoms with Crippen LogP contribution in [0.3, 0.4) is 0 Å². The lowest BCUT2D eigenvalue weighted by Gasteiger charge is -2.37. The first kappa shape index (κ1) is 24.6. The van der Waals surface area contributed by atoms with Gasteiger partial charge in [0.25, 0.3) is 0 Å². The highest BCUT2D eigenvalue weighted by molar-refractivity contribution is 9.10. The van der Waals surface area contributed by atoms with Crippen LogP contribution in [0.4, 0.5) is 15.8 Å². The van der Waals surface area contributed by atoms with Crippen molar-refractivity contribution in [3.05, 3.63) is 135 Å². The van der Waals surface area contributed by atoms with E-state index in [9.17, 15) is 4.39 Å². The number of hydrogen-bond acceptors (Lipinski definition) is 3. The van der Waals surface area contributed by atoms with E-state index in [-0.39, 0.29) is 11.9 Å². The molecule has 190 valence electrons. The van der Waals surface area contributed by atoms with Gasteiger partial charge in [0.15, 0.2) is 0 Å². The van der Waals surface area contributed by atoms with Crippen LogP contribution in [0.25, 0.3) is 0 Å². The van der Waals surface area contributed by atoms with Gasteiger partial charge in [-0.15, -0.1) is 0 Å². The quantitative estimate of drug-likeness (QED) is 0.186. The van der Waals surface area contributed by atoms with Gasteiger partial charge in [0.05, 0.1) is 11.7 Å². The van der Waals surface area contributed by atoms with Gasteiger partial charge in [-0.2, -0.15) is 0 Å². The summed E-state index contributed by atoms with van der Waals surface area (Å²) in [5, 5.41) is 3.81. The Balaban J connectivity index is 1.19. The molecule has 1 heterocycles.